The minimum Gasteiger partial charge on any atom is -0.351 e. The van der Waals surface area contributed by atoms with Crippen LogP contribution in [-0.2, 0) is 4.79 Å². The molecule has 0 radical (unpaired) electrons. The van der Waals surface area contributed by atoms with Crippen LogP contribution >= 0.6 is 0 Å². The number of aromatic nitrogens is 3. The Morgan fingerprint density at radius 3 is 2.96 bits per heavy atom. The topological polar surface area (TPSA) is 87.2 Å². The van der Waals surface area contributed by atoms with Crippen LogP contribution in [0, 0.1) is 19.3 Å². The Bertz CT molecular complexity index is 898. The van der Waals surface area contributed by atoms with Crippen molar-refractivity contribution in [3.05, 3.63) is 24.2 Å². The first-order valence-corrected chi connectivity index (χ1v) is 8.81. The van der Waals surface area contributed by atoms with Crippen molar-refractivity contribution >= 4 is 17.2 Å². The van der Waals surface area contributed by atoms with E-state index in [9.17, 15) is 4.79 Å². The Labute approximate surface area is 151 Å². The van der Waals surface area contributed by atoms with Gasteiger partial charge in [0.1, 0.15) is 5.52 Å². The van der Waals surface area contributed by atoms with Crippen LogP contribution in [0.4, 0.5) is 5.82 Å². The molecule has 2 aliphatic rings. The highest BCUT2D eigenvalue weighted by Crippen LogP contribution is 2.37. The maximum Gasteiger partial charge on any atom is 0.220 e. The van der Waals surface area contributed by atoms with Crippen molar-refractivity contribution in [2.75, 3.05) is 18.0 Å². The summed E-state index contributed by atoms with van der Waals surface area (Å²) in [6.45, 7) is 3.46. The number of carbonyl (C=O) groups excluding carboxylic acids is 1. The molecule has 2 aliphatic heterocycles. The highest BCUT2D eigenvalue weighted by atomic mass is 16.1. The van der Waals surface area contributed by atoms with Crippen LogP contribution < -0.4 is 10.2 Å². The summed E-state index contributed by atoms with van der Waals surface area (Å²) in [5.41, 5.74) is 1.55. The zero-order valence-corrected chi connectivity index (χ0v) is 14.7. The second-order valence-electron chi connectivity index (χ2n) is 6.92. The minimum atomic E-state index is -0.394. The Hall–Kier alpha value is -2.95. The lowest BCUT2D eigenvalue weighted by Crippen LogP contribution is -2.59. The molecule has 0 atom stereocenters. The molecule has 2 aromatic heterocycles. The molecule has 4 heterocycles. The number of hydrogen-bond acceptors (Lipinski definition) is 6. The number of fused-ring (bicyclic) bond motifs is 1. The van der Waals surface area contributed by atoms with Crippen molar-refractivity contribution in [1.82, 2.24) is 19.9 Å². The number of carbonyl (C=O) groups is 1. The van der Waals surface area contributed by atoms with Gasteiger partial charge in [0, 0.05) is 51.2 Å². The first-order chi connectivity index (χ1) is 12.6. The maximum atomic E-state index is 12.2. The molecule has 1 saturated heterocycles. The molecule has 4 rings (SSSR count). The predicted octanol–water partition coefficient (Wildman–Crippen LogP) is 1.70. The fourth-order valence-corrected chi connectivity index (χ4v) is 3.30. The van der Waals surface area contributed by atoms with Crippen LogP contribution in [0.15, 0.2) is 28.7 Å². The zero-order valence-electron chi connectivity index (χ0n) is 14.7. The largest absolute Gasteiger partial charge is 0.351 e. The average Bonchev–Trinajstić information content (AvgIpc) is 3.26. The molecule has 0 aromatic carbocycles. The van der Waals surface area contributed by atoms with Gasteiger partial charge in [0.05, 0.1) is 11.7 Å². The Morgan fingerprint density at radius 2 is 2.23 bits per heavy atom. The maximum absolute atomic E-state index is 12.2. The highest BCUT2D eigenvalue weighted by Gasteiger charge is 2.39. The van der Waals surface area contributed by atoms with E-state index in [1.807, 2.05) is 23.7 Å². The summed E-state index contributed by atoms with van der Waals surface area (Å²) in [5.74, 6) is 3.54. The van der Waals surface area contributed by atoms with Crippen molar-refractivity contribution in [2.24, 2.45) is 10.2 Å². The quantitative estimate of drug-likeness (QED) is 0.769. The molecular formula is C18H21N7O. The third-order valence-electron chi connectivity index (χ3n) is 4.84. The van der Waals surface area contributed by atoms with Crippen LogP contribution in [0.25, 0.3) is 5.52 Å². The van der Waals surface area contributed by atoms with Gasteiger partial charge in [-0.3, -0.25) is 4.79 Å². The monoisotopic (exact) mass is 351 g/mol. The van der Waals surface area contributed by atoms with Gasteiger partial charge in [-0.2, -0.15) is 15.3 Å². The Morgan fingerprint density at radius 1 is 1.42 bits per heavy atom. The molecule has 1 N–H and O–H groups in total. The lowest BCUT2D eigenvalue weighted by atomic mass is 10.0. The van der Waals surface area contributed by atoms with Crippen molar-refractivity contribution in [3.63, 3.8) is 0 Å². The molecule has 0 bridgehead atoms. The summed E-state index contributed by atoms with van der Waals surface area (Å²) in [5, 5.41) is 15.6. The van der Waals surface area contributed by atoms with Gasteiger partial charge < -0.3 is 10.2 Å². The average molecular weight is 351 g/mol. The van der Waals surface area contributed by atoms with Gasteiger partial charge in [0.2, 0.25) is 5.91 Å². The van der Waals surface area contributed by atoms with Crippen molar-refractivity contribution in [1.29, 1.82) is 0 Å². The molecule has 8 heteroatoms. The number of rotatable bonds is 7. The molecule has 0 unspecified atom stereocenters. The summed E-state index contributed by atoms with van der Waals surface area (Å²) < 4.78 is 1.84. The molecule has 1 fully saturated rings. The van der Waals surface area contributed by atoms with E-state index in [0.717, 1.165) is 36.5 Å². The molecule has 2 aromatic rings. The van der Waals surface area contributed by atoms with E-state index in [4.69, 9.17) is 6.42 Å². The van der Waals surface area contributed by atoms with Crippen LogP contribution in [-0.4, -0.2) is 45.3 Å². The fraction of sp³-hybridized carbons (Fsp3) is 0.500. The van der Waals surface area contributed by atoms with Gasteiger partial charge in [-0.15, -0.1) is 12.3 Å². The van der Waals surface area contributed by atoms with Crippen LogP contribution in [0.1, 0.15) is 31.4 Å². The van der Waals surface area contributed by atoms with E-state index < -0.39 is 5.66 Å². The normalized spacial score (nSPS) is 17.8. The molecule has 0 aliphatic carbocycles. The van der Waals surface area contributed by atoms with Gasteiger partial charge in [-0.1, -0.05) is 0 Å². The van der Waals surface area contributed by atoms with Gasteiger partial charge in [0.25, 0.3) is 0 Å². The van der Waals surface area contributed by atoms with Gasteiger partial charge in [-0.25, -0.2) is 9.50 Å². The van der Waals surface area contributed by atoms with E-state index in [1.165, 1.54) is 0 Å². The van der Waals surface area contributed by atoms with Crippen LogP contribution in [0.3, 0.4) is 0 Å². The van der Waals surface area contributed by atoms with Crippen LogP contribution in [0.5, 0.6) is 0 Å². The summed E-state index contributed by atoms with van der Waals surface area (Å²) in [4.78, 5) is 18.8. The molecule has 134 valence electrons. The smallest absolute Gasteiger partial charge is 0.220 e. The molecular weight excluding hydrogens is 330 g/mol. The van der Waals surface area contributed by atoms with Crippen molar-refractivity contribution in [3.8, 4) is 12.3 Å². The number of nitrogens with zero attached hydrogens (tertiary/aromatic N) is 6. The lowest BCUT2D eigenvalue weighted by Gasteiger charge is -2.40. The van der Waals surface area contributed by atoms with Crippen molar-refractivity contribution in [2.45, 2.75) is 44.3 Å². The van der Waals surface area contributed by atoms with E-state index in [2.05, 4.69) is 36.4 Å². The molecule has 0 spiro atoms. The Balaban J connectivity index is 1.26. The van der Waals surface area contributed by atoms with E-state index >= 15 is 0 Å². The molecule has 0 saturated carbocycles. The predicted molar refractivity (Wildman–Crippen MR) is 96.8 cm³/mol. The first kappa shape index (κ1) is 16.5. The third-order valence-corrected chi connectivity index (χ3v) is 4.84. The number of aryl methyl sites for hydroxylation is 1. The number of amides is 1. The summed E-state index contributed by atoms with van der Waals surface area (Å²) in [6, 6.07) is 2.16. The SMILES string of the molecule is C#CCCC1(CCC(=O)NC2CN(c3nccn4nc(C)cc34)C2)N=N1. The van der Waals surface area contributed by atoms with Crippen molar-refractivity contribution < 1.29 is 4.79 Å². The third kappa shape index (κ3) is 3.25. The van der Waals surface area contributed by atoms with E-state index in [-0.39, 0.29) is 11.9 Å². The molecule has 8 nitrogen and oxygen atoms in total. The number of terminal acetylenes is 1. The van der Waals surface area contributed by atoms with Gasteiger partial charge in [-0.05, 0) is 13.0 Å². The molecule has 26 heavy (non-hydrogen) atoms. The number of nitrogens with one attached hydrogen (secondary N) is 1. The van der Waals surface area contributed by atoms with Gasteiger partial charge >= 0.3 is 0 Å². The summed E-state index contributed by atoms with van der Waals surface area (Å²) in [6.07, 6.45) is 11.3. The second kappa shape index (κ2) is 6.41. The van der Waals surface area contributed by atoms with Gasteiger partial charge in [0.15, 0.2) is 11.5 Å². The fourth-order valence-electron chi connectivity index (χ4n) is 3.30. The number of anilines is 1. The van der Waals surface area contributed by atoms with E-state index in [1.54, 1.807) is 6.20 Å². The standard InChI is InChI=1S/C18H21N7O/c1-3-4-6-18(22-23-18)7-5-16(26)20-14-11-24(12-14)17-15-10-13(2)21-25(15)9-8-19-17/h1,8-10,14H,4-7,11-12H2,2H3,(H,20,26). The summed E-state index contributed by atoms with van der Waals surface area (Å²) in [7, 11) is 0. The van der Waals surface area contributed by atoms with Crippen LogP contribution in [0.2, 0.25) is 0 Å². The summed E-state index contributed by atoms with van der Waals surface area (Å²) >= 11 is 0. The zero-order chi connectivity index (χ0) is 18.1. The Kier molecular flexibility index (Phi) is 4.07. The first-order valence-electron chi connectivity index (χ1n) is 8.81. The second-order valence-corrected chi connectivity index (χ2v) is 6.92. The molecule has 1 amide bonds. The number of hydrogen-bond donors (Lipinski definition) is 1. The highest BCUT2D eigenvalue weighted by molar-refractivity contribution is 5.77. The lowest BCUT2D eigenvalue weighted by molar-refractivity contribution is -0.122. The van der Waals surface area contributed by atoms with E-state index in [0.29, 0.717) is 19.3 Å². The minimum absolute atomic E-state index is 0.0402.